The van der Waals surface area contributed by atoms with Crippen LogP contribution >= 0.6 is 0 Å². The monoisotopic (exact) mass is 301 g/mol. The SMILES string of the molecule is Cc1c(C(=O)CCN2CCCC2C(=O)O)oc2ccccc12. The van der Waals surface area contributed by atoms with E-state index in [1.165, 1.54) is 0 Å². The van der Waals surface area contributed by atoms with Crippen LogP contribution in [0.1, 0.15) is 35.4 Å². The number of ketones is 1. The van der Waals surface area contributed by atoms with Crippen LogP contribution in [0.25, 0.3) is 11.0 Å². The molecule has 116 valence electrons. The third-order valence-corrected chi connectivity index (χ3v) is 4.37. The van der Waals surface area contributed by atoms with Crippen LogP contribution in [0.15, 0.2) is 28.7 Å². The topological polar surface area (TPSA) is 70.8 Å². The maximum Gasteiger partial charge on any atom is 0.320 e. The standard InChI is InChI=1S/C17H19NO4/c1-11-12-5-2-3-7-15(12)22-16(11)14(19)8-10-18-9-4-6-13(18)17(20)21/h2-3,5,7,13H,4,6,8-10H2,1H3,(H,20,21). The van der Waals surface area contributed by atoms with Gasteiger partial charge in [-0.1, -0.05) is 18.2 Å². The van der Waals surface area contributed by atoms with E-state index in [1.54, 1.807) is 0 Å². The summed E-state index contributed by atoms with van der Waals surface area (Å²) >= 11 is 0. The summed E-state index contributed by atoms with van der Waals surface area (Å²) < 4.78 is 5.67. The Kier molecular flexibility index (Phi) is 3.98. The average molecular weight is 301 g/mol. The highest BCUT2D eigenvalue weighted by Gasteiger charge is 2.30. The van der Waals surface area contributed by atoms with Gasteiger partial charge in [-0.3, -0.25) is 14.5 Å². The molecule has 1 unspecified atom stereocenters. The number of carboxylic acid groups (broad SMARTS) is 1. The molecule has 1 aromatic heterocycles. The van der Waals surface area contributed by atoms with E-state index in [2.05, 4.69) is 0 Å². The van der Waals surface area contributed by atoms with E-state index < -0.39 is 12.0 Å². The molecule has 5 nitrogen and oxygen atoms in total. The zero-order valence-corrected chi connectivity index (χ0v) is 12.5. The molecular formula is C17H19NO4. The summed E-state index contributed by atoms with van der Waals surface area (Å²) in [6, 6.07) is 7.12. The third kappa shape index (κ3) is 2.64. The molecule has 1 aliphatic rings. The predicted octanol–water partition coefficient (Wildman–Crippen LogP) is 2.86. The summed E-state index contributed by atoms with van der Waals surface area (Å²) in [6.45, 7) is 3.09. The zero-order chi connectivity index (χ0) is 15.7. The Morgan fingerprint density at radius 1 is 1.36 bits per heavy atom. The number of hydrogen-bond donors (Lipinski definition) is 1. The molecule has 0 amide bonds. The van der Waals surface area contributed by atoms with Gasteiger partial charge in [0.05, 0.1) is 0 Å². The quantitative estimate of drug-likeness (QED) is 0.860. The first-order valence-corrected chi connectivity index (χ1v) is 7.56. The van der Waals surface area contributed by atoms with Crippen LogP contribution in [0.3, 0.4) is 0 Å². The number of para-hydroxylation sites is 1. The summed E-state index contributed by atoms with van der Waals surface area (Å²) in [5.74, 6) is -0.470. The minimum absolute atomic E-state index is 0.0651. The van der Waals surface area contributed by atoms with Gasteiger partial charge in [0.25, 0.3) is 0 Å². The van der Waals surface area contributed by atoms with Crippen molar-refractivity contribution in [2.24, 2.45) is 0 Å². The molecule has 2 heterocycles. The van der Waals surface area contributed by atoms with E-state index in [1.807, 2.05) is 36.1 Å². The molecule has 0 bridgehead atoms. The normalized spacial score (nSPS) is 18.9. The van der Waals surface area contributed by atoms with Crippen molar-refractivity contribution in [1.82, 2.24) is 4.90 Å². The number of benzene rings is 1. The molecule has 1 N–H and O–H groups in total. The van der Waals surface area contributed by atoms with Gasteiger partial charge in [-0.25, -0.2) is 0 Å². The lowest BCUT2D eigenvalue weighted by atomic mass is 10.1. The highest BCUT2D eigenvalue weighted by molar-refractivity contribution is 6.00. The number of aliphatic carboxylic acids is 1. The minimum Gasteiger partial charge on any atom is -0.480 e. The molecule has 0 saturated carbocycles. The van der Waals surface area contributed by atoms with E-state index in [-0.39, 0.29) is 12.2 Å². The number of furan rings is 1. The molecule has 0 spiro atoms. The predicted molar refractivity (Wildman–Crippen MR) is 82.1 cm³/mol. The van der Waals surface area contributed by atoms with Crippen molar-refractivity contribution in [2.75, 3.05) is 13.1 Å². The maximum atomic E-state index is 12.4. The van der Waals surface area contributed by atoms with Crippen molar-refractivity contribution in [3.63, 3.8) is 0 Å². The highest BCUT2D eigenvalue weighted by Crippen LogP contribution is 2.26. The van der Waals surface area contributed by atoms with E-state index >= 15 is 0 Å². The molecule has 1 atom stereocenters. The maximum absolute atomic E-state index is 12.4. The second kappa shape index (κ2) is 5.93. The van der Waals surface area contributed by atoms with E-state index in [0.29, 0.717) is 24.3 Å². The molecule has 1 aliphatic heterocycles. The Labute approximate surface area is 128 Å². The second-order valence-corrected chi connectivity index (χ2v) is 5.76. The first kappa shape index (κ1) is 14.8. The minimum atomic E-state index is -0.801. The number of Topliss-reactive ketones (excluding diaryl/α,β-unsaturated/α-hetero) is 1. The molecular weight excluding hydrogens is 282 g/mol. The molecule has 22 heavy (non-hydrogen) atoms. The van der Waals surface area contributed by atoms with Crippen LogP contribution in [0.4, 0.5) is 0 Å². The number of nitrogens with zero attached hydrogens (tertiary/aromatic N) is 1. The number of fused-ring (bicyclic) bond motifs is 1. The number of likely N-dealkylation sites (tertiary alicyclic amines) is 1. The Bertz CT molecular complexity index is 719. The van der Waals surface area contributed by atoms with Crippen LogP contribution in [0, 0.1) is 6.92 Å². The Hall–Kier alpha value is -2.14. The molecule has 1 fully saturated rings. The molecule has 3 rings (SSSR count). The van der Waals surface area contributed by atoms with Crippen LogP contribution < -0.4 is 0 Å². The first-order chi connectivity index (χ1) is 10.6. The summed E-state index contributed by atoms with van der Waals surface area (Å²) in [5, 5.41) is 10.1. The molecule has 1 saturated heterocycles. The molecule has 2 aromatic rings. The van der Waals surface area contributed by atoms with Crippen LogP contribution in [-0.2, 0) is 4.79 Å². The number of carbonyl (C=O) groups excluding carboxylic acids is 1. The number of hydrogen-bond acceptors (Lipinski definition) is 4. The van der Waals surface area contributed by atoms with Crippen LogP contribution in [0.5, 0.6) is 0 Å². The summed E-state index contributed by atoms with van der Waals surface area (Å²) in [5.41, 5.74) is 1.57. The summed E-state index contributed by atoms with van der Waals surface area (Å²) in [7, 11) is 0. The van der Waals surface area contributed by atoms with Gasteiger partial charge in [-0.15, -0.1) is 0 Å². The van der Waals surface area contributed by atoms with Crippen molar-refractivity contribution >= 4 is 22.7 Å². The van der Waals surface area contributed by atoms with Gasteiger partial charge in [-0.05, 0) is 32.4 Å². The number of rotatable bonds is 5. The van der Waals surface area contributed by atoms with Crippen molar-refractivity contribution in [3.05, 3.63) is 35.6 Å². The van der Waals surface area contributed by atoms with Gasteiger partial charge >= 0.3 is 5.97 Å². The Morgan fingerprint density at radius 3 is 2.86 bits per heavy atom. The largest absolute Gasteiger partial charge is 0.480 e. The van der Waals surface area contributed by atoms with Gasteiger partial charge in [0.2, 0.25) is 0 Å². The lowest BCUT2D eigenvalue weighted by Crippen LogP contribution is -2.37. The van der Waals surface area contributed by atoms with Crippen molar-refractivity contribution < 1.29 is 19.1 Å². The van der Waals surface area contributed by atoms with E-state index in [4.69, 9.17) is 9.52 Å². The number of aryl methyl sites for hydroxylation is 1. The van der Waals surface area contributed by atoms with Crippen molar-refractivity contribution in [2.45, 2.75) is 32.2 Å². The third-order valence-electron chi connectivity index (χ3n) is 4.37. The first-order valence-electron chi connectivity index (χ1n) is 7.56. The fourth-order valence-corrected chi connectivity index (χ4v) is 3.17. The van der Waals surface area contributed by atoms with Crippen molar-refractivity contribution in [1.29, 1.82) is 0 Å². The molecule has 0 aliphatic carbocycles. The fraction of sp³-hybridized carbons (Fsp3) is 0.412. The van der Waals surface area contributed by atoms with Crippen molar-refractivity contribution in [3.8, 4) is 0 Å². The second-order valence-electron chi connectivity index (χ2n) is 5.76. The summed E-state index contributed by atoms with van der Waals surface area (Å²) in [6.07, 6.45) is 1.81. The summed E-state index contributed by atoms with van der Waals surface area (Å²) in [4.78, 5) is 25.4. The van der Waals surface area contributed by atoms with Gasteiger partial charge in [0.15, 0.2) is 11.5 Å². The fourth-order valence-electron chi connectivity index (χ4n) is 3.17. The van der Waals surface area contributed by atoms with E-state index in [0.717, 1.165) is 23.9 Å². The van der Waals surface area contributed by atoms with Gasteiger partial charge in [0.1, 0.15) is 11.6 Å². The smallest absolute Gasteiger partial charge is 0.320 e. The molecule has 5 heteroatoms. The number of carbonyl (C=O) groups is 2. The number of carboxylic acids is 1. The zero-order valence-electron chi connectivity index (χ0n) is 12.5. The van der Waals surface area contributed by atoms with Gasteiger partial charge < -0.3 is 9.52 Å². The van der Waals surface area contributed by atoms with E-state index in [9.17, 15) is 9.59 Å². The Balaban J connectivity index is 1.71. The van der Waals surface area contributed by atoms with Crippen LogP contribution in [-0.4, -0.2) is 40.9 Å². The highest BCUT2D eigenvalue weighted by atomic mass is 16.4. The van der Waals surface area contributed by atoms with Gasteiger partial charge in [0, 0.05) is 23.9 Å². The lowest BCUT2D eigenvalue weighted by molar-refractivity contribution is -0.142. The van der Waals surface area contributed by atoms with Crippen LogP contribution in [0.2, 0.25) is 0 Å². The lowest BCUT2D eigenvalue weighted by Gasteiger charge is -2.20. The molecule has 1 aromatic carbocycles. The Morgan fingerprint density at radius 2 is 2.14 bits per heavy atom. The van der Waals surface area contributed by atoms with Gasteiger partial charge in [-0.2, -0.15) is 0 Å². The average Bonchev–Trinajstić information content (AvgIpc) is 3.10. The molecule has 0 radical (unpaired) electrons.